The van der Waals surface area contributed by atoms with Crippen LogP contribution < -0.4 is 10.6 Å². The minimum absolute atomic E-state index is 0.275. The number of carbonyl (C=O) groups is 3. The topological polar surface area (TPSA) is 78.5 Å². The van der Waals surface area contributed by atoms with Crippen LogP contribution in [0, 0.1) is 0 Å². The molecular weight excluding hydrogens is 282 g/mol. The lowest BCUT2D eigenvalue weighted by molar-refractivity contribution is -0.132. The summed E-state index contributed by atoms with van der Waals surface area (Å²) in [5.41, 5.74) is 0.883. The summed E-state index contributed by atoms with van der Waals surface area (Å²) in [6.45, 7) is 1.61. The van der Waals surface area contributed by atoms with Gasteiger partial charge >= 0.3 is 6.03 Å². The number of nitrogens with one attached hydrogen (secondary N) is 2. The van der Waals surface area contributed by atoms with Crippen molar-refractivity contribution >= 4 is 29.4 Å². The van der Waals surface area contributed by atoms with E-state index in [2.05, 4.69) is 10.6 Å². The molecule has 2 N–H and O–H groups in total. The van der Waals surface area contributed by atoms with Crippen LogP contribution in [-0.4, -0.2) is 35.3 Å². The molecule has 6 nitrogen and oxygen atoms in total. The minimum atomic E-state index is -0.577. The highest BCUT2D eigenvalue weighted by Gasteiger charge is 2.35. The molecule has 106 valence electrons. The van der Waals surface area contributed by atoms with Crippen molar-refractivity contribution in [2.75, 3.05) is 6.54 Å². The molecule has 0 aliphatic carbocycles. The molecule has 1 aromatic carbocycles. The van der Waals surface area contributed by atoms with Crippen LogP contribution in [0.4, 0.5) is 4.79 Å². The van der Waals surface area contributed by atoms with Gasteiger partial charge in [-0.2, -0.15) is 0 Å². The van der Waals surface area contributed by atoms with Gasteiger partial charge < -0.3 is 10.6 Å². The molecule has 4 amide bonds. The fourth-order valence-corrected chi connectivity index (χ4v) is 1.94. The molecule has 0 spiro atoms. The highest BCUT2D eigenvalue weighted by Crippen LogP contribution is 2.09. The molecule has 1 heterocycles. The monoisotopic (exact) mass is 295 g/mol. The Morgan fingerprint density at radius 1 is 1.35 bits per heavy atom. The third-order valence-electron chi connectivity index (χ3n) is 2.93. The maximum Gasteiger partial charge on any atom is 0.325 e. The molecule has 1 atom stereocenters. The van der Waals surface area contributed by atoms with Crippen molar-refractivity contribution < 1.29 is 14.4 Å². The van der Waals surface area contributed by atoms with Crippen molar-refractivity contribution in [1.29, 1.82) is 0 Å². The maximum atomic E-state index is 11.7. The van der Waals surface area contributed by atoms with E-state index in [1.54, 1.807) is 31.2 Å². The fraction of sp³-hybridized carbons (Fsp3) is 0.308. The van der Waals surface area contributed by atoms with Gasteiger partial charge in [0, 0.05) is 11.6 Å². The molecule has 7 heteroatoms. The Kier molecular flexibility index (Phi) is 4.24. The van der Waals surface area contributed by atoms with E-state index < -0.39 is 23.9 Å². The van der Waals surface area contributed by atoms with Gasteiger partial charge in [0.2, 0.25) is 5.91 Å². The number of nitrogens with zero attached hydrogens (tertiary/aromatic N) is 1. The molecule has 1 aliphatic heterocycles. The van der Waals surface area contributed by atoms with Crippen molar-refractivity contribution in [3.05, 3.63) is 34.9 Å². The van der Waals surface area contributed by atoms with Crippen molar-refractivity contribution in [2.24, 2.45) is 0 Å². The molecule has 1 aromatic rings. The molecule has 1 fully saturated rings. The van der Waals surface area contributed by atoms with E-state index in [1.807, 2.05) is 0 Å². The Morgan fingerprint density at radius 2 is 2.00 bits per heavy atom. The van der Waals surface area contributed by atoms with Crippen LogP contribution in [0.2, 0.25) is 5.02 Å². The van der Waals surface area contributed by atoms with Crippen LogP contribution in [0.3, 0.4) is 0 Å². The Bertz CT molecular complexity index is 544. The Labute approximate surface area is 121 Å². The van der Waals surface area contributed by atoms with E-state index in [-0.39, 0.29) is 6.54 Å². The smallest absolute Gasteiger partial charge is 0.325 e. The van der Waals surface area contributed by atoms with Crippen molar-refractivity contribution in [3.63, 3.8) is 0 Å². The first-order valence-electron chi connectivity index (χ1n) is 6.10. The van der Waals surface area contributed by atoms with Gasteiger partial charge in [0.1, 0.15) is 12.6 Å². The summed E-state index contributed by atoms with van der Waals surface area (Å²) in [7, 11) is 0. The third-order valence-corrected chi connectivity index (χ3v) is 3.18. The number of amides is 4. The first-order valence-corrected chi connectivity index (χ1v) is 6.48. The van der Waals surface area contributed by atoms with Gasteiger partial charge in [0.15, 0.2) is 0 Å². The summed E-state index contributed by atoms with van der Waals surface area (Å²) in [6.07, 6.45) is 0. The van der Waals surface area contributed by atoms with Gasteiger partial charge in [-0.3, -0.25) is 14.5 Å². The molecule has 1 unspecified atom stereocenters. The lowest BCUT2D eigenvalue weighted by Gasteiger charge is -2.12. The van der Waals surface area contributed by atoms with Crippen molar-refractivity contribution in [3.8, 4) is 0 Å². The predicted molar refractivity (Wildman–Crippen MR) is 73.0 cm³/mol. The van der Waals surface area contributed by atoms with E-state index in [9.17, 15) is 14.4 Å². The van der Waals surface area contributed by atoms with Crippen molar-refractivity contribution in [2.45, 2.75) is 19.5 Å². The molecule has 0 aromatic heterocycles. The zero-order valence-corrected chi connectivity index (χ0v) is 11.6. The van der Waals surface area contributed by atoms with E-state index in [0.29, 0.717) is 11.6 Å². The summed E-state index contributed by atoms with van der Waals surface area (Å²) in [5.74, 6) is -0.783. The molecule has 20 heavy (non-hydrogen) atoms. The predicted octanol–water partition coefficient (Wildman–Crippen LogP) is 0.896. The lowest BCUT2D eigenvalue weighted by Crippen LogP contribution is -2.40. The fourth-order valence-electron chi connectivity index (χ4n) is 1.81. The summed E-state index contributed by atoms with van der Waals surface area (Å²) in [4.78, 5) is 35.7. The second kappa shape index (κ2) is 5.92. The Balaban J connectivity index is 1.85. The van der Waals surface area contributed by atoms with E-state index in [1.165, 1.54) is 0 Å². The summed E-state index contributed by atoms with van der Waals surface area (Å²) in [5, 5.41) is 5.71. The van der Waals surface area contributed by atoms with Gasteiger partial charge in [-0.05, 0) is 24.6 Å². The highest BCUT2D eigenvalue weighted by atomic mass is 35.5. The average molecular weight is 296 g/mol. The van der Waals surface area contributed by atoms with Crippen LogP contribution in [-0.2, 0) is 16.1 Å². The van der Waals surface area contributed by atoms with Gasteiger partial charge in [0.25, 0.3) is 5.91 Å². The standard InChI is InChI=1S/C13H14ClN3O3/c1-8-12(19)17(13(20)16-8)7-11(18)15-6-9-2-4-10(14)5-3-9/h2-5,8H,6-7H2,1H3,(H,15,18)(H,16,20). The van der Waals surface area contributed by atoms with Crippen LogP contribution in [0.25, 0.3) is 0 Å². The zero-order chi connectivity index (χ0) is 14.7. The number of halogens is 1. The first-order chi connectivity index (χ1) is 9.47. The normalized spacial score (nSPS) is 18.1. The molecule has 1 saturated heterocycles. The minimum Gasteiger partial charge on any atom is -0.350 e. The van der Waals surface area contributed by atoms with Gasteiger partial charge in [-0.15, -0.1) is 0 Å². The molecule has 2 rings (SSSR count). The van der Waals surface area contributed by atoms with Crippen molar-refractivity contribution in [1.82, 2.24) is 15.5 Å². The summed E-state index contributed by atoms with van der Waals surface area (Å²) in [6, 6.07) is 5.91. The Morgan fingerprint density at radius 3 is 2.55 bits per heavy atom. The second-order valence-electron chi connectivity index (χ2n) is 4.50. The van der Waals surface area contributed by atoms with Crippen LogP contribution in [0.1, 0.15) is 12.5 Å². The lowest BCUT2D eigenvalue weighted by atomic mass is 10.2. The van der Waals surface area contributed by atoms with Crippen LogP contribution in [0.5, 0.6) is 0 Å². The third kappa shape index (κ3) is 3.27. The quantitative estimate of drug-likeness (QED) is 0.810. The van der Waals surface area contributed by atoms with Crippen LogP contribution in [0.15, 0.2) is 24.3 Å². The number of hydrogen-bond donors (Lipinski definition) is 2. The van der Waals surface area contributed by atoms with Crippen LogP contribution >= 0.6 is 11.6 Å². The molecule has 0 saturated carbocycles. The molecule has 1 aliphatic rings. The van der Waals surface area contributed by atoms with E-state index >= 15 is 0 Å². The van der Waals surface area contributed by atoms with Gasteiger partial charge in [-0.25, -0.2) is 4.79 Å². The van der Waals surface area contributed by atoms with Gasteiger partial charge in [0.05, 0.1) is 0 Å². The number of rotatable bonds is 4. The number of benzene rings is 1. The van der Waals surface area contributed by atoms with E-state index in [4.69, 9.17) is 11.6 Å². The molecule has 0 radical (unpaired) electrons. The molecule has 0 bridgehead atoms. The number of urea groups is 1. The summed E-state index contributed by atoms with van der Waals surface area (Å²) < 4.78 is 0. The number of hydrogen-bond acceptors (Lipinski definition) is 3. The largest absolute Gasteiger partial charge is 0.350 e. The van der Waals surface area contributed by atoms with Gasteiger partial charge in [-0.1, -0.05) is 23.7 Å². The number of imide groups is 1. The Hall–Kier alpha value is -2.08. The highest BCUT2D eigenvalue weighted by molar-refractivity contribution is 6.30. The maximum absolute atomic E-state index is 11.7. The first kappa shape index (κ1) is 14.3. The van der Waals surface area contributed by atoms with E-state index in [0.717, 1.165) is 10.5 Å². The second-order valence-corrected chi connectivity index (χ2v) is 4.94. The number of carbonyl (C=O) groups excluding carboxylic acids is 3. The SMILES string of the molecule is CC1NC(=O)N(CC(=O)NCc2ccc(Cl)cc2)C1=O. The molecular formula is C13H14ClN3O3. The summed E-state index contributed by atoms with van der Waals surface area (Å²) >= 11 is 5.76. The average Bonchev–Trinajstić information content (AvgIpc) is 2.65. The zero-order valence-electron chi connectivity index (χ0n) is 10.9.